The number of esters is 5. The second-order valence-corrected chi connectivity index (χ2v) is 15.3. The second-order valence-electron chi connectivity index (χ2n) is 15.3. The maximum Gasteiger partial charge on any atom is 0.309 e. The Hall–Kier alpha value is -3.58. The van der Waals surface area contributed by atoms with E-state index in [1.54, 1.807) is 61.5 Å². The van der Waals surface area contributed by atoms with Gasteiger partial charge in [0.05, 0.1) is 29.8 Å². The molecule has 0 radical (unpaired) electrons. The van der Waals surface area contributed by atoms with Crippen molar-refractivity contribution in [2.45, 2.75) is 144 Å². The van der Waals surface area contributed by atoms with Crippen molar-refractivity contribution < 1.29 is 62.7 Å². The third kappa shape index (κ3) is 9.65. The van der Waals surface area contributed by atoms with Gasteiger partial charge in [0, 0.05) is 31.6 Å². The molecule has 0 aliphatic heterocycles. The average Bonchev–Trinajstić information content (AvgIpc) is 3.26. The molecule has 13 heteroatoms. The number of aliphatic hydroxyl groups excluding tert-OH is 1. The maximum atomic E-state index is 14.5. The highest BCUT2D eigenvalue weighted by Gasteiger charge is 2.69. The van der Waals surface area contributed by atoms with Gasteiger partial charge in [0.25, 0.3) is 0 Å². The van der Waals surface area contributed by atoms with Crippen molar-refractivity contribution in [1.82, 2.24) is 0 Å². The number of fused-ring (bicyclic) bond motifs is 1. The highest BCUT2D eigenvalue weighted by atomic mass is 16.6. The van der Waals surface area contributed by atoms with Crippen molar-refractivity contribution in [3.8, 4) is 0 Å². The van der Waals surface area contributed by atoms with E-state index in [9.17, 15) is 39.0 Å². The van der Waals surface area contributed by atoms with Crippen LogP contribution in [0.5, 0.6) is 0 Å². The lowest BCUT2D eigenvalue weighted by molar-refractivity contribution is -0.194. The Morgan fingerprint density at radius 3 is 1.88 bits per heavy atom. The maximum absolute atomic E-state index is 14.5. The van der Waals surface area contributed by atoms with Crippen molar-refractivity contribution in [1.29, 1.82) is 0 Å². The van der Waals surface area contributed by atoms with Gasteiger partial charge in [0.15, 0.2) is 30.2 Å². The van der Waals surface area contributed by atoms with Crippen LogP contribution in [0, 0.1) is 35.0 Å². The quantitative estimate of drug-likeness (QED) is 0.186. The van der Waals surface area contributed by atoms with Crippen molar-refractivity contribution in [3.63, 3.8) is 0 Å². The Morgan fingerprint density at radius 1 is 0.863 bits per heavy atom. The molecule has 0 unspecified atom stereocenters. The smallest absolute Gasteiger partial charge is 0.309 e. The number of allylic oxidation sites excluding steroid dienone is 1. The number of carbonyl (C=O) groups excluding carboxylic acids is 6. The lowest BCUT2D eigenvalue weighted by atomic mass is 9.72. The van der Waals surface area contributed by atoms with Gasteiger partial charge in [-0.05, 0) is 25.3 Å². The van der Waals surface area contributed by atoms with Gasteiger partial charge < -0.3 is 33.9 Å². The largest absolute Gasteiger partial charge is 0.458 e. The summed E-state index contributed by atoms with van der Waals surface area (Å²) in [5, 5.41) is 25.0. The molecule has 0 saturated heterocycles. The normalized spacial score (nSPS) is 34.1. The Balaban J connectivity index is 3.07. The van der Waals surface area contributed by atoms with E-state index in [0.717, 1.165) is 13.8 Å². The number of aliphatic hydroxyl groups is 2. The topological polar surface area (TPSA) is 189 Å². The summed E-state index contributed by atoms with van der Waals surface area (Å²) >= 11 is 0. The molecule has 2 aliphatic carbocycles. The second kappa shape index (κ2) is 16.8. The Kier molecular flexibility index (Phi) is 14.4. The number of carbonyl (C=O) groups is 6. The van der Waals surface area contributed by atoms with E-state index in [1.165, 1.54) is 19.9 Å². The molecule has 11 atom stereocenters. The van der Waals surface area contributed by atoms with Crippen LogP contribution in [-0.4, -0.2) is 87.6 Å². The van der Waals surface area contributed by atoms with Gasteiger partial charge in [-0.2, -0.15) is 0 Å². The molecule has 0 bridgehead atoms. The van der Waals surface area contributed by atoms with E-state index in [-0.39, 0.29) is 5.57 Å². The molecular formula is C38H58O13. The van der Waals surface area contributed by atoms with Gasteiger partial charge in [-0.3, -0.25) is 28.8 Å². The molecule has 2 N–H and O–H groups in total. The Bertz CT molecular complexity index is 1380. The predicted molar refractivity (Wildman–Crippen MR) is 184 cm³/mol. The van der Waals surface area contributed by atoms with Crippen LogP contribution in [0.1, 0.15) is 102 Å². The van der Waals surface area contributed by atoms with Crippen molar-refractivity contribution in [3.05, 3.63) is 24.3 Å². The van der Waals surface area contributed by atoms with E-state index >= 15 is 0 Å². The fraction of sp³-hybridized carbons (Fsp3) is 0.737. The van der Waals surface area contributed by atoms with E-state index in [4.69, 9.17) is 23.7 Å². The van der Waals surface area contributed by atoms with Crippen molar-refractivity contribution >= 4 is 35.6 Å². The molecule has 51 heavy (non-hydrogen) atoms. The van der Waals surface area contributed by atoms with Crippen LogP contribution in [0.15, 0.2) is 24.3 Å². The standard InChI is InChI=1S/C38H58O13/c1-14-20(5)34(44)50-31-26-27(41)23(8)28(49-33(43)19(3)4)29(47-24(9)39)32(48-25(10)40)36(11,12)17-16-22(7)30(42)38(26,46)18-37(31,13)51-35(45)21(6)15-2/h16-17,19-22,26-29,31-32,41,46H,8,14-15,18H2,1-7,9-13H3/b17-16+/t20-,21-,22+,26+,27+,28+,29-,31-,32-,37-,38-/m1/s1. The summed E-state index contributed by atoms with van der Waals surface area (Å²) in [6.45, 7) is 22.4. The molecular weight excluding hydrogens is 664 g/mol. The summed E-state index contributed by atoms with van der Waals surface area (Å²) < 4.78 is 29.3. The minimum atomic E-state index is -2.51. The third-order valence-electron chi connectivity index (χ3n) is 10.1. The molecule has 1 saturated carbocycles. The van der Waals surface area contributed by atoms with Gasteiger partial charge in [0.2, 0.25) is 0 Å². The fourth-order valence-electron chi connectivity index (χ4n) is 6.54. The monoisotopic (exact) mass is 722 g/mol. The van der Waals surface area contributed by atoms with Crippen molar-refractivity contribution in [2.75, 3.05) is 0 Å². The number of ketones is 1. The molecule has 0 aromatic rings. The van der Waals surface area contributed by atoms with Crippen LogP contribution < -0.4 is 0 Å². The van der Waals surface area contributed by atoms with Gasteiger partial charge in [-0.15, -0.1) is 0 Å². The summed E-state index contributed by atoms with van der Waals surface area (Å²) in [4.78, 5) is 79.6. The van der Waals surface area contributed by atoms with Crippen LogP contribution in [0.2, 0.25) is 0 Å². The number of ether oxygens (including phenoxy) is 5. The van der Waals surface area contributed by atoms with E-state index in [0.29, 0.717) is 12.8 Å². The number of hydrogen-bond acceptors (Lipinski definition) is 13. The van der Waals surface area contributed by atoms with Crippen LogP contribution in [0.3, 0.4) is 0 Å². The molecule has 2 aliphatic rings. The summed E-state index contributed by atoms with van der Waals surface area (Å²) in [5.74, 6) is -9.41. The van der Waals surface area contributed by atoms with Crippen molar-refractivity contribution in [2.24, 2.45) is 35.0 Å². The van der Waals surface area contributed by atoms with Gasteiger partial charge in [-0.1, -0.05) is 81.0 Å². The Morgan fingerprint density at radius 2 is 1.39 bits per heavy atom. The fourth-order valence-corrected chi connectivity index (χ4v) is 6.54. The zero-order valence-corrected chi connectivity index (χ0v) is 32.1. The zero-order chi connectivity index (χ0) is 39.4. The lowest BCUT2D eigenvalue weighted by Crippen LogP contribution is -2.57. The van der Waals surface area contributed by atoms with Crippen LogP contribution in [-0.2, 0) is 52.5 Å². The summed E-state index contributed by atoms with van der Waals surface area (Å²) in [6.07, 6.45) is -5.14. The molecule has 0 aromatic heterocycles. The first-order valence-corrected chi connectivity index (χ1v) is 17.7. The highest BCUT2D eigenvalue weighted by molar-refractivity contribution is 5.92. The van der Waals surface area contributed by atoms with Gasteiger partial charge in [0.1, 0.15) is 11.2 Å². The molecule has 0 heterocycles. The average molecular weight is 723 g/mol. The minimum Gasteiger partial charge on any atom is -0.458 e. The SMILES string of the molecule is C=C1[C@H](O)[C@H]2[C@@H](OC(=O)[C@H](C)CC)[C@](C)(OC(=O)[C@H](C)CC)C[C@]2(O)C(=O)[C@@H](C)/C=C/C(C)(C)[C@H](OC(C)=O)[C@H](OC(C)=O)[C@H]1OC(=O)C(C)C. The summed E-state index contributed by atoms with van der Waals surface area (Å²) in [5.41, 5.74) is -5.94. The predicted octanol–water partition coefficient (Wildman–Crippen LogP) is 4.19. The first-order chi connectivity index (χ1) is 23.4. The first-order valence-electron chi connectivity index (χ1n) is 17.7. The Labute approximate surface area is 301 Å². The minimum absolute atomic E-state index is 0.362. The third-order valence-corrected chi connectivity index (χ3v) is 10.1. The molecule has 0 spiro atoms. The van der Waals surface area contributed by atoms with E-state index in [2.05, 4.69) is 6.58 Å². The van der Waals surface area contributed by atoms with Crippen LogP contribution >= 0.6 is 0 Å². The molecule has 1 fully saturated rings. The summed E-state index contributed by atoms with van der Waals surface area (Å²) in [7, 11) is 0. The molecule has 2 rings (SSSR count). The zero-order valence-electron chi connectivity index (χ0n) is 32.1. The number of hydrogen-bond donors (Lipinski definition) is 2. The molecule has 288 valence electrons. The van der Waals surface area contributed by atoms with E-state index < -0.39 is 119 Å². The highest BCUT2D eigenvalue weighted by Crippen LogP contribution is 2.52. The number of rotatable bonds is 10. The van der Waals surface area contributed by atoms with E-state index in [1.807, 2.05) is 0 Å². The molecule has 0 amide bonds. The number of Topliss-reactive ketones (excluding diaryl/α,β-unsaturated/α-hetero) is 1. The van der Waals surface area contributed by atoms with Gasteiger partial charge >= 0.3 is 29.8 Å². The molecule has 0 aromatic carbocycles. The van der Waals surface area contributed by atoms with Crippen LogP contribution in [0.25, 0.3) is 0 Å². The first kappa shape index (κ1) is 43.6. The molecule has 13 nitrogen and oxygen atoms in total. The summed E-state index contributed by atoms with van der Waals surface area (Å²) in [6, 6.07) is 0. The van der Waals surface area contributed by atoms with Crippen LogP contribution in [0.4, 0.5) is 0 Å². The van der Waals surface area contributed by atoms with Gasteiger partial charge in [-0.25, -0.2) is 0 Å². The lowest BCUT2D eigenvalue weighted by Gasteiger charge is -2.43.